The van der Waals surface area contributed by atoms with Crippen molar-refractivity contribution in [2.45, 2.75) is 50.0 Å². The van der Waals surface area contributed by atoms with Crippen molar-refractivity contribution in [1.82, 2.24) is 4.90 Å². The van der Waals surface area contributed by atoms with Gasteiger partial charge in [-0.3, -0.25) is 0 Å². The van der Waals surface area contributed by atoms with Gasteiger partial charge in [0.1, 0.15) is 5.75 Å². The van der Waals surface area contributed by atoms with Gasteiger partial charge in [0.2, 0.25) is 0 Å². The van der Waals surface area contributed by atoms with Crippen molar-refractivity contribution in [3.8, 4) is 5.75 Å². The average Bonchev–Trinajstić information content (AvgIpc) is 2.50. The maximum atomic E-state index is 5.51. The zero-order valence-corrected chi connectivity index (χ0v) is 12.7. The van der Waals surface area contributed by atoms with Crippen LogP contribution in [0.3, 0.4) is 0 Å². The second kappa shape index (κ2) is 5.88. The van der Waals surface area contributed by atoms with Crippen LogP contribution in [0.5, 0.6) is 5.75 Å². The van der Waals surface area contributed by atoms with Gasteiger partial charge in [0.05, 0.1) is 7.11 Å². The van der Waals surface area contributed by atoms with Crippen LogP contribution in [0.4, 0.5) is 0 Å². The zero-order valence-electron chi connectivity index (χ0n) is 12.7. The molecular weight excluding hydrogens is 269 g/mol. The van der Waals surface area contributed by atoms with E-state index in [1.165, 1.54) is 45.1 Å². The van der Waals surface area contributed by atoms with E-state index in [1.54, 1.807) is 18.2 Å². The molecule has 1 saturated carbocycles. The summed E-state index contributed by atoms with van der Waals surface area (Å²) in [5.74, 6) is 1.91. The Kier molecular flexibility index (Phi) is 4.44. The van der Waals surface area contributed by atoms with E-state index in [4.69, 9.17) is 4.74 Å². The summed E-state index contributed by atoms with van der Waals surface area (Å²) in [6.45, 7) is 1.26. The topological polar surface area (TPSA) is 12.5 Å². The number of rotatable bonds is 1. The van der Waals surface area contributed by atoms with Gasteiger partial charge in [-0.15, -0.1) is 0 Å². The van der Waals surface area contributed by atoms with Gasteiger partial charge in [-0.05, 0) is 68.5 Å². The summed E-state index contributed by atoms with van der Waals surface area (Å²) in [7, 11) is 4.12. The van der Waals surface area contributed by atoms with Gasteiger partial charge in [0.25, 0.3) is 0 Å². The summed E-state index contributed by atoms with van der Waals surface area (Å²) in [6.07, 6.45) is 8.22. The molecule has 0 amide bonds. The summed E-state index contributed by atoms with van der Waals surface area (Å²) < 4.78 is 5.51. The van der Waals surface area contributed by atoms with Crippen LogP contribution < -0.4 is 4.74 Å². The van der Waals surface area contributed by atoms with Crippen molar-refractivity contribution in [3.05, 3.63) is 29.3 Å². The molecule has 0 spiro atoms. The maximum absolute atomic E-state index is 5.51. The molecular formula is C18H26NNaO. The molecule has 0 unspecified atom stereocenters. The summed E-state index contributed by atoms with van der Waals surface area (Å²) in [4.78, 5) is 2.63. The molecule has 1 aromatic carbocycles. The van der Waals surface area contributed by atoms with E-state index >= 15 is 0 Å². The predicted molar refractivity (Wildman–Crippen MR) is 88.5 cm³/mol. The molecule has 3 atom stereocenters. The van der Waals surface area contributed by atoms with E-state index in [-0.39, 0.29) is 29.6 Å². The molecule has 1 aliphatic heterocycles. The van der Waals surface area contributed by atoms with Crippen molar-refractivity contribution in [1.29, 1.82) is 0 Å². The fourth-order valence-corrected chi connectivity index (χ4v) is 5.30. The number of likely N-dealkylation sites (N-methyl/N-ethyl adjacent to an activating group) is 1. The molecule has 1 heterocycles. The van der Waals surface area contributed by atoms with E-state index < -0.39 is 0 Å². The number of likely N-dealkylation sites (tertiary alicyclic amines) is 1. The molecule has 110 valence electrons. The number of hydrogen-bond acceptors (Lipinski definition) is 2. The minimum atomic E-state index is 0. The van der Waals surface area contributed by atoms with Gasteiger partial charge < -0.3 is 9.64 Å². The fourth-order valence-electron chi connectivity index (χ4n) is 5.30. The third-order valence-electron chi connectivity index (χ3n) is 6.32. The van der Waals surface area contributed by atoms with E-state index in [1.807, 2.05) is 0 Å². The predicted octanol–water partition coefficient (Wildman–Crippen LogP) is 2.73. The second-order valence-electron chi connectivity index (χ2n) is 7.03. The summed E-state index contributed by atoms with van der Waals surface area (Å²) in [6, 6.07) is 7.60. The first kappa shape index (κ1) is 15.9. The molecule has 21 heavy (non-hydrogen) atoms. The number of hydrogen-bond donors (Lipinski definition) is 0. The monoisotopic (exact) mass is 295 g/mol. The zero-order chi connectivity index (χ0) is 13.7. The summed E-state index contributed by atoms with van der Waals surface area (Å²) >= 11 is 0. The van der Waals surface area contributed by atoms with E-state index in [2.05, 4.69) is 30.1 Å². The Morgan fingerprint density at radius 2 is 2.10 bits per heavy atom. The van der Waals surface area contributed by atoms with Gasteiger partial charge in [-0.25, -0.2) is 0 Å². The van der Waals surface area contributed by atoms with Crippen LogP contribution in [0.1, 0.15) is 43.2 Å². The van der Waals surface area contributed by atoms with Crippen molar-refractivity contribution < 1.29 is 4.74 Å². The van der Waals surface area contributed by atoms with Crippen molar-refractivity contribution in [2.24, 2.45) is 5.92 Å². The Hall–Kier alpha value is -0.0200. The fraction of sp³-hybridized carbons (Fsp3) is 0.667. The standard InChI is InChI=1S/C18H25NO.Na.H/c1-19-10-9-18-8-4-3-5-15(18)17(19)11-13-6-7-14(20-2)12-16(13)18;;/h6-7,12,15,17H,3-5,8-11H2,1-2H3;;/t15-,17+,18+;;/m1../s1. The average molecular weight is 295 g/mol. The number of benzene rings is 1. The molecule has 0 N–H and O–H groups in total. The molecule has 2 nitrogen and oxygen atoms in total. The van der Waals surface area contributed by atoms with Crippen LogP contribution in [-0.4, -0.2) is 61.2 Å². The van der Waals surface area contributed by atoms with Crippen molar-refractivity contribution in [3.63, 3.8) is 0 Å². The Labute approximate surface area is 150 Å². The Bertz CT molecular complexity index is 532. The van der Waals surface area contributed by atoms with Crippen LogP contribution >= 0.6 is 0 Å². The Morgan fingerprint density at radius 3 is 2.90 bits per heavy atom. The molecule has 0 radical (unpaired) electrons. The Morgan fingerprint density at radius 1 is 1.24 bits per heavy atom. The number of ether oxygens (including phenoxy) is 1. The van der Waals surface area contributed by atoms with Crippen LogP contribution in [0.15, 0.2) is 18.2 Å². The molecule has 0 aromatic heterocycles. The molecule has 2 bridgehead atoms. The third-order valence-corrected chi connectivity index (χ3v) is 6.32. The van der Waals surface area contributed by atoms with Gasteiger partial charge >= 0.3 is 29.6 Å². The van der Waals surface area contributed by atoms with Crippen molar-refractivity contribution >= 4 is 29.6 Å². The normalized spacial score (nSPS) is 34.4. The van der Waals surface area contributed by atoms with Gasteiger partial charge in [0, 0.05) is 11.5 Å². The molecule has 2 fully saturated rings. The summed E-state index contributed by atoms with van der Waals surface area (Å²) in [5, 5.41) is 0. The van der Waals surface area contributed by atoms with Crippen LogP contribution in [0.25, 0.3) is 0 Å². The van der Waals surface area contributed by atoms with Crippen molar-refractivity contribution in [2.75, 3.05) is 20.7 Å². The van der Waals surface area contributed by atoms with Crippen LogP contribution in [-0.2, 0) is 11.8 Å². The quantitative estimate of drug-likeness (QED) is 0.739. The number of piperidine rings is 1. The Balaban J connectivity index is 0.00000132. The molecule has 1 aromatic rings. The van der Waals surface area contributed by atoms with E-state index in [0.717, 1.165) is 17.7 Å². The minimum absolute atomic E-state index is 0. The second-order valence-corrected chi connectivity index (χ2v) is 7.03. The first-order chi connectivity index (χ1) is 9.74. The first-order valence-electron chi connectivity index (χ1n) is 8.12. The third kappa shape index (κ3) is 2.30. The van der Waals surface area contributed by atoms with E-state index in [0.29, 0.717) is 5.41 Å². The molecule has 3 heteroatoms. The molecule has 3 aliphatic rings. The molecule has 4 rings (SSSR count). The number of fused-ring (bicyclic) bond motifs is 1. The van der Waals surface area contributed by atoms with Gasteiger partial charge in [-0.2, -0.15) is 0 Å². The summed E-state index contributed by atoms with van der Waals surface area (Å²) in [5.41, 5.74) is 3.67. The first-order valence-corrected chi connectivity index (χ1v) is 8.12. The SMILES string of the molecule is COc1ccc2c(c1)[C@]13CCCC[C@@H]1[C@H](C2)N(C)CC3.[NaH]. The molecule has 1 saturated heterocycles. The van der Waals surface area contributed by atoms with E-state index in [9.17, 15) is 0 Å². The van der Waals surface area contributed by atoms with Gasteiger partial charge in [-0.1, -0.05) is 18.9 Å². The number of nitrogens with zero attached hydrogens (tertiary/aromatic N) is 1. The van der Waals surface area contributed by atoms with Crippen LogP contribution in [0.2, 0.25) is 0 Å². The van der Waals surface area contributed by atoms with Gasteiger partial charge in [0.15, 0.2) is 0 Å². The molecule has 2 aliphatic carbocycles. The van der Waals surface area contributed by atoms with Crippen LogP contribution in [0, 0.1) is 5.92 Å². The number of methoxy groups -OCH3 is 1.